The molecule has 1 aliphatic heterocycles. The number of guanidine groups is 1. The number of hydrogen-bond donors (Lipinski definition) is 2. The summed E-state index contributed by atoms with van der Waals surface area (Å²) in [6.45, 7) is 1.50. The number of rotatable bonds is 3. The highest BCUT2D eigenvalue weighted by molar-refractivity contribution is 8.93. The summed E-state index contributed by atoms with van der Waals surface area (Å²) in [4.78, 5) is 18.0. The standard InChI is InChI=1S/C8H11N7O2.BrH/c1-14-6(11-5-7(14)15(16)17)4-12-13-8-9-2-3-10-8;/h4-5H,2-3H2,1H3,(H2,9,10,13);1H/b12-4+;. The largest absolute Gasteiger partial charge is 0.358 e. The lowest BCUT2D eigenvalue weighted by molar-refractivity contribution is -0.391. The molecule has 0 saturated carbocycles. The van der Waals surface area contributed by atoms with Crippen molar-refractivity contribution in [3.8, 4) is 0 Å². The summed E-state index contributed by atoms with van der Waals surface area (Å²) >= 11 is 0. The van der Waals surface area contributed by atoms with Gasteiger partial charge in [-0.05, 0) is 4.92 Å². The van der Waals surface area contributed by atoms with E-state index >= 15 is 0 Å². The predicted molar refractivity (Wildman–Crippen MR) is 71.2 cm³/mol. The van der Waals surface area contributed by atoms with Crippen LogP contribution in [-0.2, 0) is 7.05 Å². The maximum Gasteiger partial charge on any atom is 0.342 e. The van der Waals surface area contributed by atoms with E-state index in [0.717, 1.165) is 6.54 Å². The molecule has 1 aromatic heterocycles. The Morgan fingerprint density at radius 2 is 2.50 bits per heavy atom. The Kier molecular flexibility index (Phi) is 4.77. The molecule has 9 nitrogen and oxygen atoms in total. The zero-order valence-corrected chi connectivity index (χ0v) is 11.2. The normalized spacial score (nSPS) is 13.9. The van der Waals surface area contributed by atoms with Crippen molar-refractivity contribution >= 4 is 35.0 Å². The molecule has 0 aromatic carbocycles. The van der Waals surface area contributed by atoms with Gasteiger partial charge in [-0.3, -0.25) is 0 Å². The fraction of sp³-hybridized carbons (Fsp3) is 0.375. The summed E-state index contributed by atoms with van der Waals surface area (Å²) in [7, 11) is 1.55. The van der Waals surface area contributed by atoms with Gasteiger partial charge in [0.15, 0.2) is 0 Å². The molecule has 1 aromatic rings. The molecule has 10 heteroatoms. The number of halogens is 1. The second kappa shape index (κ2) is 6.10. The quantitative estimate of drug-likeness (QED) is 0.455. The van der Waals surface area contributed by atoms with Crippen molar-refractivity contribution in [3.63, 3.8) is 0 Å². The Labute approximate surface area is 113 Å². The van der Waals surface area contributed by atoms with Gasteiger partial charge in [-0.1, -0.05) is 0 Å². The molecule has 2 N–H and O–H groups in total. The van der Waals surface area contributed by atoms with E-state index in [4.69, 9.17) is 0 Å². The third kappa shape index (κ3) is 3.03. The monoisotopic (exact) mass is 317 g/mol. The van der Waals surface area contributed by atoms with Crippen LogP contribution in [0, 0.1) is 10.1 Å². The average molecular weight is 318 g/mol. The first-order chi connectivity index (χ1) is 8.18. The van der Waals surface area contributed by atoms with Crippen molar-refractivity contribution in [2.24, 2.45) is 17.1 Å². The summed E-state index contributed by atoms with van der Waals surface area (Å²) in [6.07, 6.45) is 2.59. The predicted octanol–water partition coefficient (Wildman–Crippen LogP) is -0.211. The third-order valence-corrected chi connectivity index (χ3v) is 2.21. The molecular formula is C8H12BrN7O2. The van der Waals surface area contributed by atoms with Crippen LogP contribution >= 0.6 is 17.0 Å². The number of nitrogens with one attached hydrogen (secondary N) is 2. The highest BCUT2D eigenvalue weighted by atomic mass is 79.9. The van der Waals surface area contributed by atoms with Gasteiger partial charge in [-0.15, -0.1) is 17.0 Å². The zero-order valence-electron chi connectivity index (χ0n) is 9.53. The van der Waals surface area contributed by atoms with Gasteiger partial charge < -0.3 is 15.4 Å². The SMILES string of the molecule is Br.Cn1c([N+](=O)[O-])cnc1/C=N/NC1=NCCN1. The van der Waals surface area contributed by atoms with Crippen LogP contribution in [0.4, 0.5) is 5.82 Å². The second-order valence-electron chi connectivity index (χ2n) is 3.32. The molecule has 0 radical (unpaired) electrons. The molecule has 98 valence electrons. The summed E-state index contributed by atoms with van der Waals surface area (Å²) in [5.74, 6) is 0.899. The minimum atomic E-state index is -0.500. The van der Waals surface area contributed by atoms with Crippen LogP contribution in [-0.4, -0.2) is 39.7 Å². The van der Waals surface area contributed by atoms with E-state index in [1.54, 1.807) is 7.05 Å². The van der Waals surface area contributed by atoms with Crippen LogP contribution < -0.4 is 10.7 Å². The average Bonchev–Trinajstić information content (AvgIpc) is 2.89. The minimum absolute atomic E-state index is 0. The van der Waals surface area contributed by atoms with Crippen LogP contribution in [0.25, 0.3) is 0 Å². The maximum atomic E-state index is 10.6. The van der Waals surface area contributed by atoms with Crippen molar-refractivity contribution in [2.75, 3.05) is 13.1 Å². The van der Waals surface area contributed by atoms with Crippen molar-refractivity contribution in [2.45, 2.75) is 0 Å². The molecule has 2 rings (SSSR count). The van der Waals surface area contributed by atoms with E-state index in [0.29, 0.717) is 18.3 Å². The molecule has 0 unspecified atom stereocenters. The van der Waals surface area contributed by atoms with Gasteiger partial charge in [0.1, 0.15) is 12.4 Å². The third-order valence-electron chi connectivity index (χ3n) is 2.21. The maximum absolute atomic E-state index is 10.6. The lowest BCUT2D eigenvalue weighted by atomic mass is 10.6. The number of hydrogen-bond acceptors (Lipinski definition) is 7. The lowest BCUT2D eigenvalue weighted by Crippen LogP contribution is -2.30. The topological polar surface area (TPSA) is 110 Å². The molecular weight excluding hydrogens is 306 g/mol. The molecule has 2 heterocycles. The fourth-order valence-corrected chi connectivity index (χ4v) is 1.33. The first kappa shape index (κ1) is 14.1. The Bertz CT molecular complexity index is 496. The van der Waals surface area contributed by atoms with Gasteiger partial charge in [-0.2, -0.15) is 5.10 Å². The molecule has 0 bridgehead atoms. The Hall–Kier alpha value is -1.97. The number of aliphatic imine (C=N–C) groups is 1. The number of imidazole rings is 1. The van der Waals surface area contributed by atoms with E-state index in [2.05, 4.69) is 25.8 Å². The van der Waals surface area contributed by atoms with E-state index in [1.807, 2.05) is 0 Å². The van der Waals surface area contributed by atoms with Gasteiger partial charge in [0.2, 0.25) is 11.8 Å². The summed E-state index contributed by atoms with van der Waals surface area (Å²) in [5.41, 5.74) is 2.68. The summed E-state index contributed by atoms with van der Waals surface area (Å²) in [6, 6.07) is 0. The number of nitrogens with zero attached hydrogens (tertiary/aromatic N) is 5. The van der Waals surface area contributed by atoms with Gasteiger partial charge in [0.25, 0.3) is 0 Å². The molecule has 0 spiro atoms. The van der Waals surface area contributed by atoms with Gasteiger partial charge in [-0.25, -0.2) is 20.0 Å². The molecule has 0 saturated heterocycles. The molecule has 0 aliphatic carbocycles. The Balaban J connectivity index is 0.00000162. The van der Waals surface area contributed by atoms with Crippen molar-refractivity contribution < 1.29 is 4.92 Å². The van der Waals surface area contributed by atoms with Crippen LogP contribution in [0.2, 0.25) is 0 Å². The number of hydrazone groups is 1. The van der Waals surface area contributed by atoms with E-state index < -0.39 is 4.92 Å². The van der Waals surface area contributed by atoms with E-state index in [1.165, 1.54) is 17.0 Å². The second-order valence-corrected chi connectivity index (χ2v) is 3.32. The van der Waals surface area contributed by atoms with Crippen LogP contribution in [0.1, 0.15) is 5.82 Å². The van der Waals surface area contributed by atoms with Crippen molar-refractivity contribution in [3.05, 3.63) is 22.1 Å². The molecule has 0 atom stereocenters. The van der Waals surface area contributed by atoms with Gasteiger partial charge in [0, 0.05) is 6.54 Å². The Morgan fingerprint density at radius 1 is 1.72 bits per heavy atom. The highest BCUT2D eigenvalue weighted by Gasteiger charge is 2.14. The minimum Gasteiger partial charge on any atom is -0.358 e. The highest BCUT2D eigenvalue weighted by Crippen LogP contribution is 2.09. The lowest BCUT2D eigenvalue weighted by Gasteiger charge is -1.98. The van der Waals surface area contributed by atoms with Crippen LogP contribution in [0.5, 0.6) is 0 Å². The number of aromatic nitrogens is 2. The fourth-order valence-electron chi connectivity index (χ4n) is 1.33. The molecule has 0 fully saturated rings. The summed E-state index contributed by atoms with van der Waals surface area (Å²) < 4.78 is 1.34. The van der Waals surface area contributed by atoms with Crippen molar-refractivity contribution in [1.82, 2.24) is 20.3 Å². The summed E-state index contributed by atoms with van der Waals surface area (Å²) in [5, 5.41) is 17.4. The molecule has 1 aliphatic rings. The Morgan fingerprint density at radius 3 is 3.06 bits per heavy atom. The number of nitro groups is 1. The van der Waals surface area contributed by atoms with E-state index in [-0.39, 0.29) is 22.8 Å². The first-order valence-corrected chi connectivity index (χ1v) is 4.92. The molecule has 0 amide bonds. The van der Waals surface area contributed by atoms with Crippen LogP contribution in [0.15, 0.2) is 16.3 Å². The van der Waals surface area contributed by atoms with Gasteiger partial charge in [0.05, 0.1) is 13.6 Å². The van der Waals surface area contributed by atoms with E-state index in [9.17, 15) is 10.1 Å². The van der Waals surface area contributed by atoms with Crippen molar-refractivity contribution in [1.29, 1.82) is 0 Å². The first-order valence-electron chi connectivity index (χ1n) is 4.92. The van der Waals surface area contributed by atoms with Crippen LogP contribution in [0.3, 0.4) is 0 Å². The van der Waals surface area contributed by atoms with Gasteiger partial charge >= 0.3 is 5.82 Å². The zero-order chi connectivity index (χ0) is 12.3. The molecule has 18 heavy (non-hydrogen) atoms. The smallest absolute Gasteiger partial charge is 0.342 e.